The van der Waals surface area contributed by atoms with Crippen molar-refractivity contribution in [1.29, 1.82) is 0 Å². The number of hydrogen-bond donors (Lipinski definition) is 1. The minimum absolute atomic E-state index is 0.303. The Labute approximate surface area is 233 Å². The molecule has 5 aromatic rings. The van der Waals surface area contributed by atoms with E-state index in [0.717, 1.165) is 27.6 Å². The van der Waals surface area contributed by atoms with Gasteiger partial charge < -0.3 is 23.9 Å². The van der Waals surface area contributed by atoms with Crippen molar-refractivity contribution in [1.82, 2.24) is 4.98 Å². The Morgan fingerprint density at radius 3 is 1.80 bits per heavy atom. The van der Waals surface area contributed by atoms with Crippen LogP contribution in [-0.4, -0.2) is 29.9 Å². The number of nitrogens with one attached hydrogen (secondary N) is 1. The molecule has 5 nitrogen and oxygen atoms in total. The lowest BCUT2D eigenvalue weighted by molar-refractivity contribution is -0.240. The molecular weight excluding hydrogens is 505 g/mol. The summed E-state index contributed by atoms with van der Waals surface area (Å²) in [6.45, 7) is 1.51. The summed E-state index contributed by atoms with van der Waals surface area (Å²) in [5.41, 5.74) is 4.46. The molecule has 0 radical (unpaired) electrons. The molecule has 1 fully saturated rings. The number of fused-ring (bicyclic) bond motifs is 1. The van der Waals surface area contributed by atoms with Gasteiger partial charge in [-0.3, -0.25) is 0 Å². The first-order chi connectivity index (χ1) is 19.8. The molecule has 40 heavy (non-hydrogen) atoms. The number of ether oxygens (including phenoxy) is 4. The van der Waals surface area contributed by atoms with Crippen molar-refractivity contribution in [3.05, 3.63) is 143 Å². The molecule has 0 unspecified atom stereocenters. The van der Waals surface area contributed by atoms with Crippen LogP contribution in [0.3, 0.4) is 0 Å². The molecule has 0 spiro atoms. The van der Waals surface area contributed by atoms with Gasteiger partial charge in [0.1, 0.15) is 30.2 Å². The largest absolute Gasteiger partial charge is 0.368 e. The van der Waals surface area contributed by atoms with Gasteiger partial charge in [0.05, 0.1) is 31.9 Å². The van der Waals surface area contributed by atoms with Crippen molar-refractivity contribution in [2.45, 2.75) is 44.2 Å². The summed E-state index contributed by atoms with van der Waals surface area (Å²) in [6, 6.07) is 35.2. The first-order valence-electron chi connectivity index (χ1n) is 13.6. The Morgan fingerprint density at radius 1 is 0.650 bits per heavy atom. The molecule has 6 heteroatoms. The van der Waals surface area contributed by atoms with Gasteiger partial charge >= 0.3 is 0 Å². The third-order valence-corrected chi connectivity index (χ3v) is 7.31. The van der Waals surface area contributed by atoms with Crippen LogP contribution in [-0.2, 0) is 38.8 Å². The van der Waals surface area contributed by atoms with Crippen molar-refractivity contribution in [2.75, 3.05) is 6.61 Å². The second-order valence-corrected chi connectivity index (χ2v) is 10.0. The molecule has 1 aliphatic heterocycles. The van der Waals surface area contributed by atoms with Crippen LogP contribution in [0, 0.1) is 5.82 Å². The van der Waals surface area contributed by atoms with Crippen molar-refractivity contribution in [3.8, 4) is 0 Å². The average molecular weight is 538 g/mol. The predicted octanol–water partition coefficient (Wildman–Crippen LogP) is 7.13. The van der Waals surface area contributed by atoms with Gasteiger partial charge in [0, 0.05) is 17.1 Å². The fourth-order valence-electron chi connectivity index (χ4n) is 5.25. The second-order valence-electron chi connectivity index (χ2n) is 10.0. The van der Waals surface area contributed by atoms with E-state index in [1.807, 2.05) is 103 Å². The number of benzene rings is 4. The topological polar surface area (TPSA) is 52.7 Å². The lowest BCUT2D eigenvalue weighted by atomic mass is 9.93. The highest BCUT2D eigenvalue weighted by atomic mass is 19.1. The Balaban J connectivity index is 1.33. The molecule has 0 amide bonds. The number of aromatic nitrogens is 1. The zero-order valence-corrected chi connectivity index (χ0v) is 22.1. The van der Waals surface area contributed by atoms with Crippen LogP contribution in [0.4, 0.5) is 4.39 Å². The minimum Gasteiger partial charge on any atom is -0.368 e. The van der Waals surface area contributed by atoms with Gasteiger partial charge in [-0.25, -0.2) is 4.39 Å². The monoisotopic (exact) mass is 537 g/mol. The highest BCUT2D eigenvalue weighted by molar-refractivity contribution is 5.84. The SMILES string of the molecule is Fc1cccc2c([C@@H]3OC[C@@H](OCc4ccccc4)[C@H](OCc4ccccc4)[C@H]3OCc3ccccc3)c[nH]c12. The standard InChI is InChI=1S/C34H32FNO4/c35-29-18-10-17-27-28(19-36-31(27)29)32-34(39-22-26-15-8-3-9-16-26)33(38-21-25-13-6-2-7-14-25)30(23-40-32)37-20-24-11-4-1-5-12-24/h1-19,30,32-34,36H,20-23H2/t30-,32+,33+,34+/m1/s1. The van der Waals surface area contributed by atoms with Crippen LogP contribution in [0.1, 0.15) is 28.4 Å². The Bertz CT molecular complexity index is 1490. The van der Waals surface area contributed by atoms with Crippen molar-refractivity contribution >= 4 is 10.9 Å². The van der Waals surface area contributed by atoms with E-state index >= 15 is 0 Å². The molecule has 6 rings (SSSR count). The zero-order valence-electron chi connectivity index (χ0n) is 22.1. The van der Waals surface area contributed by atoms with Crippen molar-refractivity contribution < 1.29 is 23.3 Å². The fraction of sp³-hybridized carbons (Fsp3) is 0.235. The summed E-state index contributed by atoms with van der Waals surface area (Å²) in [4.78, 5) is 3.10. The van der Waals surface area contributed by atoms with Gasteiger partial charge in [-0.15, -0.1) is 0 Å². The van der Waals surface area contributed by atoms with Crippen molar-refractivity contribution in [3.63, 3.8) is 0 Å². The van der Waals surface area contributed by atoms with Crippen LogP contribution >= 0.6 is 0 Å². The average Bonchev–Trinajstić information content (AvgIpc) is 3.45. The van der Waals surface area contributed by atoms with E-state index in [4.69, 9.17) is 18.9 Å². The normalized spacial score (nSPS) is 21.0. The third-order valence-electron chi connectivity index (χ3n) is 7.31. The number of aromatic amines is 1. The molecule has 1 saturated heterocycles. The highest BCUT2D eigenvalue weighted by Crippen LogP contribution is 2.38. The van der Waals surface area contributed by atoms with Gasteiger partial charge in [0.15, 0.2) is 0 Å². The summed E-state index contributed by atoms with van der Waals surface area (Å²) < 4.78 is 40.8. The number of H-pyrrole nitrogens is 1. The van der Waals surface area contributed by atoms with E-state index < -0.39 is 18.3 Å². The van der Waals surface area contributed by atoms with Gasteiger partial charge in [0.25, 0.3) is 0 Å². The van der Waals surface area contributed by atoms with Gasteiger partial charge in [-0.1, -0.05) is 103 Å². The van der Waals surface area contributed by atoms with E-state index in [9.17, 15) is 4.39 Å². The van der Waals surface area contributed by atoms with Crippen LogP contribution in [0.15, 0.2) is 115 Å². The van der Waals surface area contributed by atoms with E-state index in [2.05, 4.69) is 4.98 Å². The van der Waals surface area contributed by atoms with E-state index in [1.165, 1.54) is 6.07 Å². The Hall–Kier alpha value is -3.81. The predicted molar refractivity (Wildman–Crippen MR) is 152 cm³/mol. The summed E-state index contributed by atoms with van der Waals surface area (Å²) in [6.07, 6.45) is 0.00144. The molecule has 2 heterocycles. The summed E-state index contributed by atoms with van der Waals surface area (Å²) in [5, 5.41) is 0.767. The maximum atomic E-state index is 14.6. The third kappa shape index (κ3) is 6.01. The van der Waals surface area contributed by atoms with Crippen LogP contribution < -0.4 is 0 Å². The Morgan fingerprint density at radius 2 is 1.20 bits per heavy atom. The first kappa shape index (κ1) is 26.4. The van der Waals surface area contributed by atoms with E-state index in [1.54, 1.807) is 6.07 Å². The molecule has 4 atom stereocenters. The molecule has 0 saturated carbocycles. The molecule has 0 aliphatic carbocycles. The molecule has 204 valence electrons. The molecular formula is C34H32FNO4. The maximum absolute atomic E-state index is 14.6. The number of para-hydroxylation sites is 1. The zero-order chi connectivity index (χ0) is 27.1. The molecule has 1 aliphatic rings. The van der Waals surface area contributed by atoms with Crippen LogP contribution in [0.25, 0.3) is 10.9 Å². The number of halogens is 1. The van der Waals surface area contributed by atoms with Crippen molar-refractivity contribution in [2.24, 2.45) is 0 Å². The van der Waals surface area contributed by atoms with Gasteiger partial charge in [-0.05, 0) is 22.8 Å². The lowest BCUT2D eigenvalue weighted by Crippen LogP contribution is -2.52. The fourth-order valence-corrected chi connectivity index (χ4v) is 5.25. The van der Waals surface area contributed by atoms with E-state index in [-0.39, 0.29) is 11.9 Å². The first-order valence-corrected chi connectivity index (χ1v) is 13.6. The molecule has 4 aromatic carbocycles. The Kier molecular flexibility index (Phi) is 8.31. The second kappa shape index (κ2) is 12.6. The summed E-state index contributed by atoms with van der Waals surface area (Å²) >= 11 is 0. The molecule has 0 bridgehead atoms. The van der Waals surface area contributed by atoms with E-state index in [0.29, 0.717) is 31.9 Å². The summed E-state index contributed by atoms with van der Waals surface area (Å²) in [5.74, 6) is -0.303. The maximum Gasteiger partial charge on any atom is 0.147 e. The highest BCUT2D eigenvalue weighted by Gasteiger charge is 2.44. The number of rotatable bonds is 10. The lowest BCUT2D eigenvalue weighted by Gasteiger charge is -2.42. The molecule has 1 N–H and O–H groups in total. The van der Waals surface area contributed by atoms with Gasteiger partial charge in [0.2, 0.25) is 0 Å². The minimum atomic E-state index is -0.513. The van der Waals surface area contributed by atoms with Crippen LogP contribution in [0.2, 0.25) is 0 Å². The quantitative estimate of drug-likeness (QED) is 0.206. The molecule has 1 aromatic heterocycles. The number of hydrogen-bond acceptors (Lipinski definition) is 4. The smallest absolute Gasteiger partial charge is 0.147 e. The van der Waals surface area contributed by atoms with Crippen LogP contribution in [0.5, 0.6) is 0 Å². The summed E-state index contributed by atoms with van der Waals surface area (Å²) in [7, 11) is 0. The van der Waals surface area contributed by atoms with Gasteiger partial charge in [-0.2, -0.15) is 0 Å².